The molecule has 0 aliphatic carbocycles. The van der Waals surface area contributed by atoms with Crippen molar-refractivity contribution < 1.29 is 0 Å². The number of aryl methyl sites for hydroxylation is 1. The van der Waals surface area contributed by atoms with E-state index in [4.69, 9.17) is 9.97 Å². The second-order valence-corrected chi connectivity index (χ2v) is 16.7. The van der Waals surface area contributed by atoms with Gasteiger partial charge in [0, 0.05) is 38.4 Å². The minimum atomic E-state index is 0.629. The number of fused-ring (bicyclic) bond motifs is 6. The van der Waals surface area contributed by atoms with Crippen molar-refractivity contribution >= 4 is 43.6 Å². The van der Waals surface area contributed by atoms with Crippen LogP contribution >= 0.6 is 0 Å². The lowest BCUT2D eigenvalue weighted by Gasteiger charge is -2.15. The van der Waals surface area contributed by atoms with Gasteiger partial charge in [0.25, 0.3) is 0 Å². The molecule has 0 aliphatic heterocycles. The van der Waals surface area contributed by atoms with Gasteiger partial charge in [-0.25, -0.2) is 9.97 Å². The molecule has 0 unspecified atom stereocenters. The molecule has 302 valence electrons. The Morgan fingerprint density at radius 3 is 1.53 bits per heavy atom. The number of rotatable bonds is 8. The van der Waals surface area contributed by atoms with Crippen LogP contribution in [-0.2, 0) is 6.42 Å². The first-order valence-electron chi connectivity index (χ1n) is 21.9. The molecular weight excluding hydrogens is 777 g/mol. The largest absolute Gasteiger partial charge is 0.309 e. The maximum Gasteiger partial charge on any atom is 0.235 e. The van der Waals surface area contributed by atoms with Crippen molar-refractivity contribution in [2.24, 2.45) is 0 Å². The highest BCUT2D eigenvalue weighted by Gasteiger charge is 2.20. The van der Waals surface area contributed by atoms with E-state index in [1.54, 1.807) is 0 Å². The van der Waals surface area contributed by atoms with Gasteiger partial charge in [-0.05, 0) is 107 Å². The molecule has 0 fully saturated rings. The van der Waals surface area contributed by atoms with Gasteiger partial charge in [0.1, 0.15) is 0 Å². The molecule has 9 aromatic carbocycles. The molecule has 0 saturated heterocycles. The normalized spacial score (nSPS) is 11.6. The Kier molecular flexibility index (Phi) is 9.08. The van der Waals surface area contributed by atoms with Gasteiger partial charge in [-0.2, -0.15) is 0 Å². The Balaban J connectivity index is 1.11. The van der Waals surface area contributed by atoms with Crippen LogP contribution in [0.5, 0.6) is 0 Å². The van der Waals surface area contributed by atoms with E-state index in [1.165, 1.54) is 55.2 Å². The van der Waals surface area contributed by atoms with Crippen molar-refractivity contribution in [2.75, 3.05) is 0 Å². The van der Waals surface area contributed by atoms with Crippen LogP contribution in [0, 0.1) is 6.92 Å². The zero-order valence-electron chi connectivity index (χ0n) is 35.4. The Labute approximate surface area is 372 Å². The lowest BCUT2D eigenvalue weighted by Crippen LogP contribution is -2.04. The average molecular weight is 819 g/mol. The molecule has 0 spiro atoms. The fourth-order valence-corrected chi connectivity index (χ4v) is 9.65. The third kappa shape index (κ3) is 6.47. The maximum absolute atomic E-state index is 5.35. The second kappa shape index (κ2) is 15.5. The molecule has 4 nitrogen and oxygen atoms in total. The Morgan fingerprint density at radius 1 is 0.359 bits per heavy atom. The predicted octanol–water partition coefficient (Wildman–Crippen LogP) is 15.2. The summed E-state index contributed by atoms with van der Waals surface area (Å²) in [6.45, 7) is 2.21. The number of aromatic nitrogens is 4. The first kappa shape index (κ1) is 37.4. The van der Waals surface area contributed by atoms with Crippen LogP contribution in [0.15, 0.2) is 224 Å². The molecule has 0 N–H and O–H groups in total. The van der Waals surface area contributed by atoms with Crippen LogP contribution in [0.25, 0.3) is 100 Å². The van der Waals surface area contributed by atoms with E-state index in [1.807, 2.05) is 12.1 Å². The zero-order chi connectivity index (χ0) is 42.6. The van der Waals surface area contributed by atoms with E-state index in [2.05, 4.69) is 228 Å². The SMILES string of the molecule is Cc1ccccc1-c1cc(-c2ccc3c(c2)c2cc(-n4c5ccccc5c5ccccc54)ccc2n3-c2nc(-c3ccccc3)cc(-c3ccccc3)n2)ccc1Cc1ccccc1. The molecule has 0 saturated carbocycles. The molecular formula is C60H42N4. The van der Waals surface area contributed by atoms with Gasteiger partial charge in [0.15, 0.2) is 0 Å². The standard InChI is InChI=1S/C60H42N4/c1-40-17-11-12-24-48(40)51-36-44(29-30-46(51)35-41-18-5-2-6-19-41)45-31-33-58-52(37-45)53-38-47(63-56-27-15-13-25-49(56)50-26-14-16-28-57(50)63)32-34-59(53)64(58)60-61-54(42-20-7-3-8-21-42)39-55(62-60)43-22-9-4-10-23-43/h2-34,36-39H,35H2,1H3. The maximum atomic E-state index is 5.35. The third-order valence-electron chi connectivity index (χ3n) is 12.8. The Bertz CT molecular complexity index is 3580. The average Bonchev–Trinajstić information content (AvgIpc) is 3.87. The van der Waals surface area contributed by atoms with Crippen molar-refractivity contribution in [1.29, 1.82) is 0 Å². The van der Waals surface area contributed by atoms with Crippen molar-refractivity contribution in [2.45, 2.75) is 13.3 Å². The molecule has 0 bridgehead atoms. The first-order chi connectivity index (χ1) is 31.6. The van der Waals surface area contributed by atoms with Crippen LogP contribution in [0.1, 0.15) is 16.7 Å². The quantitative estimate of drug-likeness (QED) is 0.153. The van der Waals surface area contributed by atoms with E-state index in [-0.39, 0.29) is 0 Å². The highest BCUT2D eigenvalue weighted by molar-refractivity contribution is 6.13. The van der Waals surface area contributed by atoms with E-state index in [0.717, 1.165) is 62.0 Å². The van der Waals surface area contributed by atoms with Crippen molar-refractivity contribution in [3.63, 3.8) is 0 Å². The van der Waals surface area contributed by atoms with E-state index in [0.29, 0.717) is 5.95 Å². The molecule has 0 radical (unpaired) electrons. The topological polar surface area (TPSA) is 35.6 Å². The molecule has 0 aliphatic rings. The number of hydrogen-bond acceptors (Lipinski definition) is 2. The summed E-state index contributed by atoms with van der Waals surface area (Å²) in [6.07, 6.45) is 0.857. The summed E-state index contributed by atoms with van der Waals surface area (Å²) in [5, 5.41) is 4.74. The Hall–Kier alpha value is -8.34. The number of nitrogens with zero attached hydrogens (tertiary/aromatic N) is 4. The molecule has 3 heterocycles. The van der Waals surface area contributed by atoms with Crippen LogP contribution in [0.3, 0.4) is 0 Å². The monoisotopic (exact) mass is 818 g/mol. The van der Waals surface area contributed by atoms with Crippen LogP contribution in [0.4, 0.5) is 0 Å². The summed E-state index contributed by atoms with van der Waals surface area (Å²) in [4.78, 5) is 10.7. The highest BCUT2D eigenvalue weighted by Crippen LogP contribution is 2.40. The lowest BCUT2D eigenvalue weighted by atomic mass is 9.89. The smallest absolute Gasteiger partial charge is 0.235 e. The van der Waals surface area contributed by atoms with Crippen molar-refractivity contribution in [3.8, 4) is 56.4 Å². The third-order valence-corrected chi connectivity index (χ3v) is 12.8. The minimum Gasteiger partial charge on any atom is -0.309 e. The number of benzene rings is 9. The highest BCUT2D eigenvalue weighted by atomic mass is 15.2. The number of hydrogen-bond donors (Lipinski definition) is 0. The summed E-state index contributed by atoms with van der Waals surface area (Å²) in [7, 11) is 0. The summed E-state index contributed by atoms with van der Waals surface area (Å²) in [5.74, 6) is 0.629. The van der Waals surface area contributed by atoms with Crippen LogP contribution in [-0.4, -0.2) is 19.1 Å². The van der Waals surface area contributed by atoms with Gasteiger partial charge in [-0.1, -0.05) is 170 Å². The molecule has 3 aromatic heterocycles. The van der Waals surface area contributed by atoms with Crippen LogP contribution < -0.4 is 0 Å². The molecule has 0 atom stereocenters. The number of para-hydroxylation sites is 2. The van der Waals surface area contributed by atoms with Gasteiger partial charge in [0.2, 0.25) is 5.95 Å². The molecule has 0 amide bonds. The fourth-order valence-electron chi connectivity index (χ4n) is 9.65. The van der Waals surface area contributed by atoms with Gasteiger partial charge in [0.05, 0.1) is 33.5 Å². The van der Waals surface area contributed by atoms with Gasteiger partial charge in [-0.3, -0.25) is 4.57 Å². The summed E-state index contributed by atoms with van der Waals surface area (Å²) in [5.41, 5.74) is 18.1. The van der Waals surface area contributed by atoms with Gasteiger partial charge >= 0.3 is 0 Å². The van der Waals surface area contributed by atoms with Crippen molar-refractivity contribution in [3.05, 3.63) is 241 Å². The zero-order valence-corrected chi connectivity index (χ0v) is 35.4. The van der Waals surface area contributed by atoms with E-state index < -0.39 is 0 Å². The molecule has 12 aromatic rings. The molecule has 64 heavy (non-hydrogen) atoms. The van der Waals surface area contributed by atoms with Gasteiger partial charge in [-0.15, -0.1) is 0 Å². The summed E-state index contributed by atoms with van der Waals surface area (Å²) in [6, 6.07) is 80.6. The molecule has 4 heteroatoms. The van der Waals surface area contributed by atoms with Crippen LogP contribution in [0.2, 0.25) is 0 Å². The van der Waals surface area contributed by atoms with Gasteiger partial charge < -0.3 is 4.57 Å². The second-order valence-electron chi connectivity index (χ2n) is 16.7. The molecule has 12 rings (SSSR count). The van der Waals surface area contributed by atoms with E-state index in [9.17, 15) is 0 Å². The fraction of sp³-hybridized carbons (Fsp3) is 0.0333. The Morgan fingerprint density at radius 2 is 0.875 bits per heavy atom. The van der Waals surface area contributed by atoms with Crippen molar-refractivity contribution in [1.82, 2.24) is 19.1 Å². The predicted molar refractivity (Wildman–Crippen MR) is 266 cm³/mol. The minimum absolute atomic E-state index is 0.629. The summed E-state index contributed by atoms with van der Waals surface area (Å²) >= 11 is 0. The first-order valence-corrected chi connectivity index (χ1v) is 21.9. The van der Waals surface area contributed by atoms with E-state index >= 15 is 0 Å². The summed E-state index contributed by atoms with van der Waals surface area (Å²) < 4.78 is 4.65. The lowest BCUT2D eigenvalue weighted by molar-refractivity contribution is 0.995.